The number of carbonyl (C=O) groups is 3. The third kappa shape index (κ3) is 3.15. The Hall–Kier alpha value is -2.24. The van der Waals surface area contributed by atoms with Gasteiger partial charge in [-0.1, -0.05) is 25.0 Å². The second-order valence-electron chi connectivity index (χ2n) is 8.04. The molecule has 1 aromatic rings. The molecule has 3 amide bonds. The lowest BCUT2D eigenvalue weighted by Crippen LogP contribution is -2.45. The second kappa shape index (κ2) is 7.06. The summed E-state index contributed by atoms with van der Waals surface area (Å²) in [5, 5.41) is 0. The predicted octanol–water partition coefficient (Wildman–Crippen LogP) is 2.78. The number of nitrogens with zero attached hydrogens (tertiary/aromatic N) is 2. The van der Waals surface area contributed by atoms with Crippen molar-refractivity contribution in [1.29, 1.82) is 0 Å². The van der Waals surface area contributed by atoms with E-state index in [0.717, 1.165) is 38.5 Å². The van der Waals surface area contributed by atoms with Crippen LogP contribution in [0.15, 0.2) is 24.3 Å². The van der Waals surface area contributed by atoms with E-state index >= 15 is 0 Å². The molecule has 3 fully saturated rings. The van der Waals surface area contributed by atoms with Gasteiger partial charge in [0, 0.05) is 32.0 Å². The lowest BCUT2D eigenvalue weighted by molar-refractivity contribution is -0.144. The molecule has 1 atom stereocenters. The fraction of sp³-hybridized carbons (Fsp3) is 0.571. The molecule has 0 radical (unpaired) electrons. The fourth-order valence-corrected chi connectivity index (χ4v) is 4.88. The van der Waals surface area contributed by atoms with Crippen LogP contribution < -0.4 is 0 Å². The zero-order valence-corrected chi connectivity index (χ0v) is 15.5. The number of amides is 3. The van der Waals surface area contributed by atoms with Crippen LogP contribution in [0.4, 0.5) is 4.39 Å². The van der Waals surface area contributed by atoms with Crippen molar-refractivity contribution in [2.45, 2.75) is 62.8 Å². The number of carbonyl (C=O) groups excluding carboxylic acids is 3. The van der Waals surface area contributed by atoms with Crippen LogP contribution in [0.2, 0.25) is 0 Å². The van der Waals surface area contributed by atoms with Gasteiger partial charge in [0.15, 0.2) is 0 Å². The highest BCUT2D eigenvalue weighted by Crippen LogP contribution is 2.43. The van der Waals surface area contributed by atoms with Crippen molar-refractivity contribution >= 4 is 17.7 Å². The average Bonchev–Trinajstić information content (AvgIpc) is 3.37. The molecule has 144 valence electrons. The Balaban J connectivity index is 1.71. The highest BCUT2D eigenvalue weighted by Gasteiger charge is 2.56. The number of rotatable bonds is 4. The summed E-state index contributed by atoms with van der Waals surface area (Å²) in [6, 6.07) is 5.75. The average molecular weight is 372 g/mol. The highest BCUT2D eigenvalue weighted by atomic mass is 19.1. The Morgan fingerprint density at radius 1 is 1.11 bits per heavy atom. The van der Waals surface area contributed by atoms with Crippen molar-refractivity contribution in [3.63, 3.8) is 0 Å². The molecule has 0 N–H and O–H groups in total. The molecule has 1 saturated carbocycles. The Bertz CT molecular complexity index is 768. The first-order valence-corrected chi connectivity index (χ1v) is 9.91. The fourth-order valence-electron chi connectivity index (χ4n) is 4.88. The zero-order valence-electron chi connectivity index (χ0n) is 15.5. The SMILES string of the molecule is O=C(CC1(c2cccc(F)c2)CC(=O)N(C2CCCC2)C1=O)N1CCCC1. The van der Waals surface area contributed by atoms with Gasteiger partial charge in [-0.2, -0.15) is 0 Å². The summed E-state index contributed by atoms with van der Waals surface area (Å²) in [7, 11) is 0. The molecule has 1 aromatic carbocycles. The molecule has 2 aliphatic heterocycles. The van der Waals surface area contributed by atoms with Gasteiger partial charge in [-0.05, 0) is 43.4 Å². The van der Waals surface area contributed by atoms with E-state index in [-0.39, 0.29) is 36.6 Å². The van der Waals surface area contributed by atoms with Crippen LogP contribution in [0.5, 0.6) is 0 Å². The molecule has 5 nitrogen and oxygen atoms in total. The van der Waals surface area contributed by atoms with E-state index in [1.165, 1.54) is 17.0 Å². The molecule has 3 aliphatic rings. The lowest BCUT2D eigenvalue weighted by Gasteiger charge is -2.30. The van der Waals surface area contributed by atoms with Gasteiger partial charge in [-0.15, -0.1) is 0 Å². The summed E-state index contributed by atoms with van der Waals surface area (Å²) in [6.07, 6.45) is 5.44. The van der Waals surface area contributed by atoms with Gasteiger partial charge in [0.2, 0.25) is 17.7 Å². The van der Waals surface area contributed by atoms with Crippen LogP contribution >= 0.6 is 0 Å². The lowest BCUT2D eigenvalue weighted by atomic mass is 9.75. The minimum Gasteiger partial charge on any atom is -0.343 e. The second-order valence-corrected chi connectivity index (χ2v) is 8.04. The Kier molecular flexibility index (Phi) is 4.74. The largest absolute Gasteiger partial charge is 0.343 e. The van der Waals surface area contributed by atoms with Crippen molar-refractivity contribution in [3.05, 3.63) is 35.6 Å². The number of hydrogen-bond donors (Lipinski definition) is 0. The van der Waals surface area contributed by atoms with Crippen molar-refractivity contribution in [1.82, 2.24) is 9.80 Å². The first-order chi connectivity index (χ1) is 13.0. The molecular formula is C21H25FN2O3. The van der Waals surface area contributed by atoms with Crippen LogP contribution in [0.1, 0.15) is 56.9 Å². The number of halogens is 1. The Morgan fingerprint density at radius 3 is 2.48 bits per heavy atom. The number of likely N-dealkylation sites (tertiary alicyclic amines) is 2. The van der Waals surface area contributed by atoms with Gasteiger partial charge in [-0.3, -0.25) is 19.3 Å². The standard InChI is InChI=1S/C21H25FN2O3/c22-16-7-5-6-15(12-16)21(13-18(25)23-10-3-4-11-23)14-19(26)24(20(21)27)17-8-1-2-9-17/h5-7,12,17H,1-4,8-11,13-14H2. The summed E-state index contributed by atoms with van der Waals surface area (Å²) < 4.78 is 13.9. The van der Waals surface area contributed by atoms with Crippen LogP contribution in [-0.4, -0.2) is 46.7 Å². The van der Waals surface area contributed by atoms with E-state index < -0.39 is 11.2 Å². The zero-order chi connectivity index (χ0) is 19.0. The quantitative estimate of drug-likeness (QED) is 0.764. The maximum atomic E-state index is 13.9. The number of benzene rings is 1. The van der Waals surface area contributed by atoms with E-state index in [0.29, 0.717) is 18.7 Å². The first kappa shape index (κ1) is 18.1. The van der Waals surface area contributed by atoms with E-state index in [2.05, 4.69) is 0 Å². The Labute approximate surface area is 158 Å². The van der Waals surface area contributed by atoms with Crippen LogP contribution in [0.25, 0.3) is 0 Å². The minimum atomic E-state index is -1.28. The third-order valence-electron chi connectivity index (χ3n) is 6.33. The van der Waals surface area contributed by atoms with Gasteiger partial charge >= 0.3 is 0 Å². The Morgan fingerprint density at radius 2 is 1.81 bits per heavy atom. The molecule has 2 saturated heterocycles. The van der Waals surface area contributed by atoms with Gasteiger partial charge in [0.05, 0.1) is 5.41 Å². The van der Waals surface area contributed by atoms with Crippen LogP contribution in [-0.2, 0) is 19.8 Å². The van der Waals surface area contributed by atoms with Crippen molar-refractivity contribution in [2.75, 3.05) is 13.1 Å². The summed E-state index contributed by atoms with van der Waals surface area (Å²) in [5.41, 5.74) is -0.838. The predicted molar refractivity (Wildman–Crippen MR) is 97.2 cm³/mol. The maximum absolute atomic E-state index is 13.9. The number of hydrogen-bond acceptors (Lipinski definition) is 3. The maximum Gasteiger partial charge on any atom is 0.241 e. The third-order valence-corrected chi connectivity index (χ3v) is 6.33. The molecule has 27 heavy (non-hydrogen) atoms. The molecule has 0 aromatic heterocycles. The molecule has 6 heteroatoms. The number of imide groups is 1. The van der Waals surface area contributed by atoms with E-state index in [9.17, 15) is 18.8 Å². The van der Waals surface area contributed by atoms with Gasteiger partial charge in [0.25, 0.3) is 0 Å². The molecule has 0 bridgehead atoms. The summed E-state index contributed by atoms with van der Waals surface area (Å²) in [4.78, 5) is 42.4. The smallest absolute Gasteiger partial charge is 0.241 e. The normalized spacial score (nSPS) is 26.4. The van der Waals surface area contributed by atoms with E-state index in [4.69, 9.17) is 0 Å². The van der Waals surface area contributed by atoms with Crippen molar-refractivity contribution in [2.24, 2.45) is 0 Å². The minimum absolute atomic E-state index is 0.0502. The van der Waals surface area contributed by atoms with Gasteiger partial charge in [0.1, 0.15) is 5.82 Å². The van der Waals surface area contributed by atoms with Crippen molar-refractivity contribution < 1.29 is 18.8 Å². The molecule has 0 spiro atoms. The monoisotopic (exact) mass is 372 g/mol. The van der Waals surface area contributed by atoms with E-state index in [1.807, 2.05) is 0 Å². The summed E-state index contributed by atoms with van der Waals surface area (Å²) in [6.45, 7) is 1.37. The summed E-state index contributed by atoms with van der Waals surface area (Å²) in [5.74, 6) is -1.13. The molecule has 1 aliphatic carbocycles. The highest BCUT2D eigenvalue weighted by molar-refractivity contribution is 6.11. The van der Waals surface area contributed by atoms with Crippen LogP contribution in [0.3, 0.4) is 0 Å². The first-order valence-electron chi connectivity index (χ1n) is 9.91. The molecule has 4 rings (SSSR count). The van der Waals surface area contributed by atoms with Gasteiger partial charge < -0.3 is 4.90 Å². The summed E-state index contributed by atoms with van der Waals surface area (Å²) >= 11 is 0. The topological polar surface area (TPSA) is 57.7 Å². The molecular weight excluding hydrogens is 347 g/mol. The van der Waals surface area contributed by atoms with Gasteiger partial charge in [-0.25, -0.2) is 4.39 Å². The van der Waals surface area contributed by atoms with Crippen molar-refractivity contribution in [3.8, 4) is 0 Å². The molecule has 2 heterocycles. The van der Waals surface area contributed by atoms with E-state index in [1.54, 1.807) is 17.0 Å². The van der Waals surface area contributed by atoms with Crippen LogP contribution in [0, 0.1) is 5.82 Å². The molecule has 1 unspecified atom stereocenters.